The molecule has 2 rings (SSSR count). The van der Waals surface area contributed by atoms with E-state index in [4.69, 9.17) is 9.84 Å². The number of ether oxygens (including phenoxy) is 1. The van der Waals surface area contributed by atoms with Crippen LogP contribution in [0.4, 0.5) is 4.79 Å². The van der Waals surface area contributed by atoms with E-state index < -0.39 is 17.7 Å². The summed E-state index contributed by atoms with van der Waals surface area (Å²) in [6.45, 7) is 8.42. The Morgan fingerprint density at radius 1 is 1.16 bits per heavy atom. The number of carbonyl (C=O) groups is 2. The van der Waals surface area contributed by atoms with Gasteiger partial charge in [0, 0.05) is 43.2 Å². The van der Waals surface area contributed by atoms with Crippen LogP contribution >= 0.6 is 0 Å². The molecule has 0 radical (unpaired) electrons. The summed E-state index contributed by atoms with van der Waals surface area (Å²) in [5, 5.41) is 12.9. The van der Waals surface area contributed by atoms with Gasteiger partial charge in [0.2, 0.25) is 5.91 Å². The van der Waals surface area contributed by atoms with E-state index in [2.05, 4.69) is 10.3 Å². The number of likely N-dealkylation sites (N-methyl/N-ethyl adjacent to an activating group) is 1. The van der Waals surface area contributed by atoms with Crippen LogP contribution in [0.1, 0.15) is 58.9 Å². The van der Waals surface area contributed by atoms with Crippen molar-refractivity contribution in [1.29, 1.82) is 0 Å². The molecule has 2 aromatic rings. The highest BCUT2D eigenvalue weighted by molar-refractivity contribution is 5.88. The highest BCUT2D eigenvalue weighted by atomic mass is 16.6. The molecule has 1 aromatic carbocycles. The molecule has 0 saturated heterocycles. The number of nitrogens with zero attached hydrogens (tertiary/aromatic N) is 1. The van der Waals surface area contributed by atoms with Gasteiger partial charge in [0.25, 0.3) is 0 Å². The fourth-order valence-corrected chi connectivity index (χ4v) is 3.57. The summed E-state index contributed by atoms with van der Waals surface area (Å²) >= 11 is 0. The van der Waals surface area contributed by atoms with Crippen molar-refractivity contribution in [1.82, 2.24) is 15.2 Å². The van der Waals surface area contributed by atoms with Gasteiger partial charge in [0.1, 0.15) is 11.6 Å². The second-order valence-corrected chi connectivity index (χ2v) is 8.77. The average molecular weight is 432 g/mol. The first-order valence-electron chi connectivity index (χ1n) is 11.2. The minimum atomic E-state index is -0.670. The molecule has 0 spiro atoms. The van der Waals surface area contributed by atoms with Gasteiger partial charge in [-0.1, -0.05) is 31.0 Å². The number of rotatable bonds is 11. The Morgan fingerprint density at radius 2 is 1.87 bits per heavy atom. The second-order valence-electron chi connectivity index (χ2n) is 8.77. The molecule has 7 nitrogen and oxygen atoms in total. The summed E-state index contributed by atoms with van der Waals surface area (Å²) in [5.74, 6) is -0.180. The summed E-state index contributed by atoms with van der Waals surface area (Å²) in [5.41, 5.74) is 1.35. The molecule has 2 amide bonds. The maximum Gasteiger partial charge on any atom is 0.410 e. The van der Waals surface area contributed by atoms with Crippen LogP contribution in [0.15, 0.2) is 30.5 Å². The van der Waals surface area contributed by atoms with E-state index in [0.717, 1.165) is 42.1 Å². The molecule has 0 aliphatic heterocycles. The Hall–Kier alpha value is -2.54. The van der Waals surface area contributed by atoms with Crippen molar-refractivity contribution in [3.63, 3.8) is 0 Å². The van der Waals surface area contributed by atoms with Gasteiger partial charge in [-0.15, -0.1) is 0 Å². The number of nitrogens with one attached hydrogen (secondary N) is 2. The summed E-state index contributed by atoms with van der Waals surface area (Å²) < 4.78 is 5.57. The number of aliphatic hydroxyl groups is 1. The summed E-state index contributed by atoms with van der Waals surface area (Å²) in [6.07, 6.45) is 5.30. The molecular weight excluding hydrogens is 394 g/mol. The molecule has 172 valence electrons. The molecule has 1 heterocycles. The molecular formula is C24H37N3O4. The van der Waals surface area contributed by atoms with Crippen LogP contribution in [0, 0.1) is 0 Å². The Morgan fingerprint density at radius 3 is 2.55 bits per heavy atom. The van der Waals surface area contributed by atoms with E-state index in [0.29, 0.717) is 19.5 Å². The van der Waals surface area contributed by atoms with E-state index in [1.54, 1.807) is 0 Å². The molecule has 0 bridgehead atoms. The van der Waals surface area contributed by atoms with E-state index >= 15 is 0 Å². The number of carbonyl (C=O) groups excluding carboxylic acids is 2. The number of H-pyrrole nitrogens is 1. The van der Waals surface area contributed by atoms with Crippen LogP contribution in [0.5, 0.6) is 0 Å². The number of fused-ring (bicyclic) bond motifs is 1. The third-order valence-corrected chi connectivity index (χ3v) is 5.12. The number of benzene rings is 1. The lowest BCUT2D eigenvalue weighted by molar-refractivity contribution is -0.126. The maximum absolute atomic E-state index is 13.2. The van der Waals surface area contributed by atoms with Crippen LogP contribution in [0.25, 0.3) is 10.9 Å². The van der Waals surface area contributed by atoms with Crippen molar-refractivity contribution >= 4 is 22.9 Å². The van der Waals surface area contributed by atoms with Crippen LogP contribution in [-0.2, 0) is 16.0 Å². The molecule has 1 aromatic heterocycles. The van der Waals surface area contributed by atoms with E-state index in [1.807, 2.05) is 58.2 Å². The van der Waals surface area contributed by atoms with Gasteiger partial charge in [-0.2, -0.15) is 0 Å². The molecule has 0 unspecified atom stereocenters. The number of unbranched alkanes of at least 4 members (excludes halogenated alkanes) is 3. The standard InChI is InChI=1S/C24H37N3O4/c1-5-27(23(30)31-24(2,3)4)21(22(29)25-14-10-6-7-11-15-28)16-18-17-26-20-13-9-8-12-19(18)20/h8-9,12-13,17,21,26,28H,5-7,10-11,14-16H2,1-4H3,(H,25,29)/t21-/m0/s1. The Kier molecular flexibility index (Phi) is 9.37. The van der Waals surface area contributed by atoms with Crippen molar-refractivity contribution in [2.45, 2.75) is 71.4 Å². The van der Waals surface area contributed by atoms with Gasteiger partial charge in [-0.3, -0.25) is 9.69 Å². The lowest BCUT2D eigenvalue weighted by Gasteiger charge is -2.32. The van der Waals surface area contributed by atoms with Gasteiger partial charge in [-0.25, -0.2) is 4.79 Å². The van der Waals surface area contributed by atoms with Crippen molar-refractivity contribution in [2.24, 2.45) is 0 Å². The third-order valence-electron chi connectivity index (χ3n) is 5.12. The molecule has 0 aliphatic carbocycles. The van der Waals surface area contributed by atoms with Crippen molar-refractivity contribution in [3.8, 4) is 0 Å². The molecule has 0 aliphatic rings. The quantitative estimate of drug-likeness (QED) is 0.469. The SMILES string of the molecule is CCN(C(=O)OC(C)(C)C)[C@@H](Cc1c[nH]c2ccccc12)C(=O)NCCCCCCO. The Balaban J connectivity index is 2.17. The zero-order valence-electron chi connectivity index (χ0n) is 19.2. The largest absolute Gasteiger partial charge is 0.444 e. The first-order chi connectivity index (χ1) is 14.8. The Labute approximate surface area is 185 Å². The van der Waals surface area contributed by atoms with E-state index in [9.17, 15) is 9.59 Å². The number of amides is 2. The molecule has 31 heavy (non-hydrogen) atoms. The average Bonchev–Trinajstić information content (AvgIpc) is 3.12. The normalized spacial score (nSPS) is 12.5. The molecule has 1 atom stereocenters. The van der Waals surface area contributed by atoms with Crippen molar-refractivity contribution in [3.05, 3.63) is 36.0 Å². The summed E-state index contributed by atoms with van der Waals surface area (Å²) in [7, 11) is 0. The zero-order chi connectivity index (χ0) is 22.9. The predicted molar refractivity (Wildman–Crippen MR) is 123 cm³/mol. The van der Waals surface area contributed by atoms with Gasteiger partial charge in [0.05, 0.1) is 0 Å². The van der Waals surface area contributed by atoms with Crippen LogP contribution in [0.2, 0.25) is 0 Å². The number of aromatic amines is 1. The Bertz CT molecular complexity index is 841. The molecule has 0 saturated carbocycles. The van der Waals surface area contributed by atoms with Gasteiger partial charge < -0.3 is 20.1 Å². The number of para-hydroxylation sites is 1. The van der Waals surface area contributed by atoms with Crippen molar-refractivity contribution < 1.29 is 19.4 Å². The molecule has 0 fully saturated rings. The third kappa shape index (κ3) is 7.58. The monoisotopic (exact) mass is 431 g/mol. The first kappa shape index (κ1) is 24.7. The highest BCUT2D eigenvalue weighted by Gasteiger charge is 2.32. The second kappa shape index (κ2) is 11.7. The fraction of sp³-hybridized carbons (Fsp3) is 0.583. The number of hydrogen-bond donors (Lipinski definition) is 3. The topological polar surface area (TPSA) is 94.7 Å². The maximum atomic E-state index is 13.2. The highest BCUT2D eigenvalue weighted by Crippen LogP contribution is 2.22. The van der Waals surface area contributed by atoms with E-state index in [1.165, 1.54) is 4.90 Å². The molecule has 3 N–H and O–H groups in total. The zero-order valence-corrected chi connectivity index (χ0v) is 19.2. The van der Waals surface area contributed by atoms with Crippen LogP contribution in [-0.4, -0.2) is 58.3 Å². The lowest BCUT2D eigenvalue weighted by Crippen LogP contribution is -2.52. The minimum Gasteiger partial charge on any atom is -0.444 e. The predicted octanol–water partition coefficient (Wildman–Crippen LogP) is 4.00. The summed E-state index contributed by atoms with van der Waals surface area (Å²) in [4.78, 5) is 30.8. The van der Waals surface area contributed by atoms with Crippen LogP contribution < -0.4 is 5.32 Å². The number of aromatic nitrogens is 1. The lowest BCUT2D eigenvalue weighted by atomic mass is 10.0. The fourth-order valence-electron chi connectivity index (χ4n) is 3.57. The minimum absolute atomic E-state index is 0.180. The summed E-state index contributed by atoms with van der Waals surface area (Å²) in [6, 6.07) is 7.26. The smallest absolute Gasteiger partial charge is 0.410 e. The number of aliphatic hydroxyl groups excluding tert-OH is 1. The van der Waals surface area contributed by atoms with Gasteiger partial charge in [0.15, 0.2) is 0 Å². The molecule has 7 heteroatoms. The van der Waals surface area contributed by atoms with Gasteiger partial charge >= 0.3 is 6.09 Å². The van der Waals surface area contributed by atoms with E-state index in [-0.39, 0.29) is 12.5 Å². The van der Waals surface area contributed by atoms with Gasteiger partial charge in [-0.05, 0) is 52.2 Å². The van der Waals surface area contributed by atoms with Crippen molar-refractivity contribution in [2.75, 3.05) is 19.7 Å². The first-order valence-corrected chi connectivity index (χ1v) is 11.2. The van der Waals surface area contributed by atoms with Crippen LogP contribution in [0.3, 0.4) is 0 Å². The number of hydrogen-bond acceptors (Lipinski definition) is 4.